The molecule has 0 aliphatic carbocycles. The molecule has 1 fully saturated rings. The quantitative estimate of drug-likeness (QED) is 0.708. The maximum absolute atomic E-state index is 11.6. The smallest absolute Gasteiger partial charge is 0.416 e. The molecule has 1 saturated heterocycles. The SMILES string of the molecule is C/C(Br)=C\CCCCCC(=O)N1CCOC1=O. The summed E-state index contributed by atoms with van der Waals surface area (Å²) in [7, 11) is 0. The van der Waals surface area contributed by atoms with Gasteiger partial charge in [0, 0.05) is 6.42 Å². The highest BCUT2D eigenvalue weighted by atomic mass is 79.9. The molecule has 0 N–H and O–H groups in total. The number of carbonyl (C=O) groups excluding carboxylic acids is 2. The van der Waals surface area contributed by atoms with Gasteiger partial charge in [-0.3, -0.25) is 4.79 Å². The van der Waals surface area contributed by atoms with E-state index in [0.717, 1.165) is 30.2 Å². The highest BCUT2D eigenvalue weighted by Gasteiger charge is 2.27. The van der Waals surface area contributed by atoms with Gasteiger partial charge in [-0.15, -0.1) is 0 Å². The van der Waals surface area contributed by atoms with Crippen LogP contribution in [-0.4, -0.2) is 30.1 Å². The topological polar surface area (TPSA) is 46.6 Å². The molecule has 1 aliphatic rings. The Morgan fingerprint density at radius 3 is 2.82 bits per heavy atom. The molecule has 0 atom stereocenters. The molecule has 4 nitrogen and oxygen atoms in total. The van der Waals surface area contributed by atoms with Gasteiger partial charge in [-0.05, 0) is 30.7 Å². The maximum atomic E-state index is 11.6. The number of halogens is 1. The van der Waals surface area contributed by atoms with Crippen LogP contribution >= 0.6 is 15.9 Å². The molecule has 0 bridgehead atoms. The minimum atomic E-state index is -0.493. The van der Waals surface area contributed by atoms with Gasteiger partial charge in [-0.2, -0.15) is 0 Å². The Kier molecular flexibility index (Phi) is 6.26. The van der Waals surface area contributed by atoms with E-state index in [1.54, 1.807) is 0 Å². The van der Waals surface area contributed by atoms with Crippen molar-refractivity contribution in [2.75, 3.05) is 13.2 Å². The third-order valence-corrected chi connectivity index (χ3v) is 2.91. The molecule has 1 rings (SSSR count). The van der Waals surface area contributed by atoms with E-state index in [1.807, 2.05) is 6.92 Å². The largest absolute Gasteiger partial charge is 0.447 e. The Bertz CT molecular complexity index is 311. The molecule has 0 unspecified atom stereocenters. The predicted molar refractivity (Wildman–Crippen MR) is 68.8 cm³/mol. The number of carbonyl (C=O) groups is 2. The summed E-state index contributed by atoms with van der Waals surface area (Å²) >= 11 is 3.37. The Labute approximate surface area is 110 Å². The number of nitrogens with zero attached hydrogens (tertiary/aromatic N) is 1. The van der Waals surface area contributed by atoms with Gasteiger partial charge in [0.2, 0.25) is 5.91 Å². The second kappa shape index (κ2) is 7.48. The van der Waals surface area contributed by atoms with Gasteiger partial charge in [0.25, 0.3) is 0 Å². The van der Waals surface area contributed by atoms with E-state index in [-0.39, 0.29) is 5.91 Å². The van der Waals surface area contributed by atoms with Crippen molar-refractivity contribution in [3.8, 4) is 0 Å². The molecule has 0 aromatic carbocycles. The van der Waals surface area contributed by atoms with Gasteiger partial charge in [-0.1, -0.05) is 28.4 Å². The van der Waals surface area contributed by atoms with Crippen LogP contribution in [0.15, 0.2) is 10.6 Å². The second-order valence-electron chi connectivity index (χ2n) is 4.05. The molecule has 0 spiro atoms. The van der Waals surface area contributed by atoms with Crippen molar-refractivity contribution in [1.82, 2.24) is 4.90 Å². The summed E-state index contributed by atoms with van der Waals surface area (Å²) in [5.41, 5.74) is 0. The summed E-state index contributed by atoms with van der Waals surface area (Å²) in [6, 6.07) is 0. The minimum absolute atomic E-state index is 0.111. The molecular formula is C12H18BrNO3. The van der Waals surface area contributed by atoms with Gasteiger partial charge in [0.15, 0.2) is 0 Å². The van der Waals surface area contributed by atoms with Crippen LogP contribution in [-0.2, 0) is 9.53 Å². The lowest BCUT2D eigenvalue weighted by Crippen LogP contribution is -2.31. The van der Waals surface area contributed by atoms with Crippen molar-refractivity contribution in [1.29, 1.82) is 0 Å². The summed E-state index contributed by atoms with van der Waals surface area (Å²) in [6.45, 7) is 2.74. The Morgan fingerprint density at radius 2 is 2.24 bits per heavy atom. The number of imide groups is 1. The van der Waals surface area contributed by atoms with E-state index < -0.39 is 6.09 Å². The second-order valence-corrected chi connectivity index (χ2v) is 5.30. The molecule has 17 heavy (non-hydrogen) atoms. The van der Waals surface area contributed by atoms with Crippen LogP contribution in [0.25, 0.3) is 0 Å². The number of ether oxygens (including phenoxy) is 1. The normalized spacial score (nSPS) is 16.2. The molecule has 0 aromatic heterocycles. The van der Waals surface area contributed by atoms with Gasteiger partial charge < -0.3 is 4.74 Å². The summed E-state index contributed by atoms with van der Waals surface area (Å²) in [4.78, 5) is 23.9. The fourth-order valence-corrected chi connectivity index (χ4v) is 1.88. The highest BCUT2D eigenvalue weighted by Crippen LogP contribution is 2.11. The van der Waals surface area contributed by atoms with E-state index >= 15 is 0 Å². The molecule has 0 saturated carbocycles. The fourth-order valence-electron chi connectivity index (χ4n) is 1.65. The van der Waals surface area contributed by atoms with Crippen molar-refractivity contribution in [2.45, 2.75) is 39.0 Å². The highest BCUT2D eigenvalue weighted by molar-refractivity contribution is 9.11. The average molecular weight is 304 g/mol. The van der Waals surface area contributed by atoms with Crippen molar-refractivity contribution >= 4 is 27.9 Å². The van der Waals surface area contributed by atoms with E-state index in [4.69, 9.17) is 4.74 Å². The summed E-state index contributed by atoms with van der Waals surface area (Å²) < 4.78 is 5.86. The zero-order valence-corrected chi connectivity index (χ0v) is 11.7. The van der Waals surface area contributed by atoms with E-state index in [1.165, 1.54) is 4.90 Å². The van der Waals surface area contributed by atoms with Crippen LogP contribution in [0, 0.1) is 0 Å². The fraction of sp³-hybridized carbons (Fsp3) is 0.667. The first-order valence-corrected chi connectivity index (χ1v) is 6.70. The van der Waals surface area contributed by atoms with E-state index in [2.05, 4.69) is 22.0 Å². The number of allylic oxidation sites excluding steroid dienone is 2. The monoisotopic (exact) mass is 303 g/mol. The summed E-state index contributed by atoms with van der Waals surface area (Å²) in [5, 5.41) is 0. The molecule has 2 amide bonds. The minimum Gasteiger partial charge on any atom is -0.447 e. The van der Waals surface area contributed by atoms with Gasteiger partial charge in [0.1, 0.15) is 6.61 Å². The first-order valence-electron chi connectivity index (χ1n) is 5.90. The van der Waals surface area contributed by atoms with Crippen LogP contribution < -0.4 is 0 Å². The van der Waals surface area contributed by atoms with Crippen LogP contribution in [0.5, 0.6) is 0 Å². The molecule has 5 heteroatoms. The Morgan fingerprint density at radius 1 is 1.47 bits per heavy atom. The van der Waals surface area contributed by atoms with Crippen LogP contribution in [0.3, 0.4) is 0 Å². The zero-order valence-electron chi connectivity index (χ0n) is 10.1. The Hall–Kier alpha value is -0.840. The number of amides is 2. The first kappa shape index (κ1) is 14.2. The van der Waals surface area contributed by atoms with Crippen molar-refractivity contribution in [2.24, 2.45) is 0 Å². The molecule has 1 aliphatic heterocycles. The maximum Gasteiger partial charge on any atom is 0.416 e. The van der Waals surface area contributed by atoms with Gasteiger partial charge in [-0.25, -0.2) is 9.69 Å². The lowest BCUT2D eigenvalue weighted by molar-refractivity contribution is -0.127. The lowest BCUT2D eigenvalue weighted by Gasteiger charge is -2.09. The van der Waals surface area contributed by atoms with Gasteiger partial charge in [0.05, 0.1) is 6.54 Å². The van der Waals surface area contributed by atoms with Crippen molar-refractivity contribution < 1.29 is 14.3 Å². The number of hydrogen-bond donors (Lipinski definition) is 0. The standard InChI is InChI=1S/C12H18BrNO3/c1-10(13)6-4-2-3-5-7-11(15)14-8-9-17-12(14)16/h6H,2-5,7-9H2,1H3/b10-6+. The Balaban J connectivity index is 2.08. The number of unbranched alkanes of at least 4 members (excludes halogenated alkanes) is 3. The number of rotatable bonds is 6. The third kappa shape index (κ3) is 5.35. The van der Waals surface area contributed by atoms with Crippen LogP contribution in [0.2, 0.25) is 0 Å². The molecule has 0 aromatic rings. The molecule has 0 radical (unpaired) electrons. The van der Waals surface area contributed by atoms with Crippen LogP contribution in [0.4, 0.5) is 4.79 Å². The van der Waals surface area contributed by atoms with Crippen LogP contribution in [0.1, 0.15) is 39.0 Å². The lowest BCUT2D eigenvalue weighted by atomic mass is 10.1. The average Bonchev–Trinajstić information content (AvgIpc) is 2.69. The third-order valence-electron chi connectivity index (χ3n) is 2.58. The molecular weight excluding hydrogens is 286 g/mol. The molecule has 1 heterocycles. The number of cyclic esters (lactones) is 1. The summed E-state index contributed by atoms with van der Waals surface area (Å²) in [5.74, 6) is -0.111. The summed E-state index contributed by atoms with van der Waals surface area (Å²) in [6.07, 6.45) is 6.00. The van der Waals surface area contributed by atoms with Crippen molar-refractivity contribution in [3.05, 3.63) is 10.6 Å². The van der Waals surface area contributed by atoms with Gasteiger partial charge >= 0.3 is 6.09 Å². The number of hydrogen-bond acceptors (Lipinski definition) is 3. The van der Waals surface area contributed by atoms with E-state index in [0.29, 0.717) is 19.6 Å². The zero-order chi connectivity index (χ0) is 12.7. The van der Waals surface area contributed by atoms with E-state index in [9.17, 15) is 9.59 Å². The molecule has 96 valence electrons. The first-order chi connectivity index (χ1) is 8.11. The predicted octanol–water partition coefficient (Wildman–Crippen LogP) is 3.21. The van der Waals surface area contributed by atoms with Crippen molar-refractivity contribution in [3.63, 3.8) is 0 Å².